The molecule has 3 rings (SSSR count). The number of thioether (sulfide) groups is 1. The van der Waals surface area contributed by atoms with Crippen molar-refractivity contribution in [3.05, 3.63) is 29.6 Å². The van der Waals surface area contributed by atoms with Crippen molar-refractivity contribution in [2.75, 3.05) is 25.2 Å². The zero-order chi connectivity index (χ0) is 14.9. The van der Waals surface area contributed by atoms with Gasteiger partial charge in [-0.1, -0.05) is 6.07 Å². The molecule has 2 saturated heterocycles. The Morgan fingerprint density at radius 1 is 1.52 bits per heavy atom. The molecule has 0 amide bonds. The van der Waals surface area contributed by atoms with Crippen molar-refractivity contribution < 1.29 is 13.9 Å². The number of methoxy groups -OCH3 is 1. The molecule has 1 aromatic carbocycles. The smallest absolute Gasteiger partial charge is 0.131 e. The second-order valence-electron chi connectivity index (χ2n) is 5.97. The van der Waals surface area contributed by atoms with Crippen molar-refractivity contribution in [2.24, 2.45) is 11.7 Å². The molecule has 3 atom stereocenters. The maximum atomic E-state index is 14.2. The van der Waals surface area contributed by atoms with E-state index in [9.17, 15) is 4.39 Å². The molecule has 116 valence electrons. The Kier molecular flexibility index (Phi) is 4.43. The number of rotatable bonds is 3. The van der Waals surface area contributed by atoms with E-state index in [0.29, 0.717) is 11.3 Å². The highest BCUT2D eigenvalue weighted by atomic mass is 32.2. The third-order valence-electron chi connectivity index (χ3n) is 4.67. The van der Waals surface area contributed by atoms with Crippen LogP contribution >= 0.6 is 11.8 Å². The highest BCUT2D eigenvalue weighted by Crippen LogP contribution is 2.44. The predicted octanol–water partition coefficient (Wildman–Crippen LogP) is 3.14. The number of nitrogens with two attached hydrogens (primary N) is 1. The minimum absolute atomic E-state index is 0.0380. The zero-order valence-electron chi connectivity index (χ0n) is 12.3. The highest BCUT2D eigenvalue weighted by Gasteiger charge is 2.42. The molecule has 1 spiro atoms. The van der Waals surface area contributed by atoms with Crippen LogP contribution in [0, 0.1) is 11.7 Å². The third-order valence-corrected chi connectivity index (χ3v) is 5.90. The van der Waals surface area contributed by atoms with Gasteiger partial charge in [0.1, 0.15) is 11.6 Å². The monoisotopic (exact) mass is 311 g/mol. The van der Waals surface area contributed by atoms with Crippen LogP contribution in [0.1, 0.15) is 30.9 Å². The fourth-order valence-electron chi connectivity index (χ4n) is 3.49. The van der Waals surface area contributed by atoms with Crippen LogP contribution in [0.25, 0.3) is 0 Å². The summed E-state index contributed by atoms with van der Waals surface area (Å²) in [7, 11) is 1.56. The molecular weight excluding hydrogens is 289 g/mol. The molecule has 3 nitrogen and oxygen atoms in total. The van der Waals surface area contributed by atoms with Crippen LogP contribution in [-0.4, -0.2) is 30.8 Å². The van der Waals surface area contributed by atoms with E-state index in [-0.39, 0.29) is 23.4 Å². The van der Waals surface area contributed by atoms with Gasteiger partial charge in [0.15, 0.2) is 0 Å². The second-order valence-corrected chi connectivity index (χ2v) is 7.07. The Morgan fingerprint density at radius 2 is 2.38 bits per heavy atom. The van der Waals surface area contributed by atoms with Gasteiger partial charge in [-0.3, -0.25) is 0 Å². The summed E-state index contributed by atoms with van der Waals surface area (Å²) in [6, 6.07) is 4.55. The molecule has 5 heteroatoms. The van der Waals surface area contributed by atoms with Gasteiger partial charge < -0.3 is 15.2 Å². The van der Waals surface area contributed by atoms with Crippen LogP contribution in [0.4, 0.5) is 4.39 Å². The maximum Gasteiger partial charge on any atom is 0.131 e. The van der Waals surface area contributed by atoms with Gasteiger partial charge >= 0.3 is 0 Å². The number of hydrogen-bond donors (Lipinski definition) is 1. The van der Waals surface area contributed by atoms with Gasteiger partial charge in [-0.2, -0.15) is 11.8 Å². The Morgan fingerprint density at radius 3 is 3.10 bits per heavy atom. The lowest BCUT2D eigenvalue weighted by Crippen LogP contribution is -2.43. The van der Waals surface area contributed by atoms with E-state index >= 15 is 0 Å². The Bertz CT molecular complexity index is 505. The first kappa shape index (κ1) is 15.1. The van der Waals surface area contributed by atoms with E-state index in [1.807, 2.05) is 11.8 Å². The zero-order valence-corrected chi connectivity index (χ0v) is 13.1. The SMILES string of the molecule is COc1cccc(F)c1C(N)C1CCOC2(CCSC2)C1. The van der Waals surface area contributed by atoms with Crippen molar-refractivity contribution in [3.8, 4) is 5.75 Å². The van der Waals surface area contributed by atoms with E-state index in [2.05, 4.69) is 0 Å². The molecule has 2 N–H and O–H groups in total. The Hall–Kier alpha value is -0.780. The van der Waals surface area contributed by atoms with E-state index in [1.54, 1.807) is 19.2 Å². The molecule has 2 heterocycles. The van der Waals surface area contributed by atoms with Gasteiger partial charge in [0, 0.05) is 24.0 Å². The minimum Gasteiger partial charge on any atom is -0.496 e. The lowest BCUT2D eigenvalue weighted by molar-refractivity contribution is -0.0836. The first-order chi connectivity index (χ1) is 10.2. The quantitative estimate of drug-likeness (QED) is 0.931. The minimum atomic E-state index is -0.340. The van der Waals surface area contributed by atoms with Crippen LogP contribution in [0.5, 0.6) is 5.75 Å². The fourth-order valence-corrected chi connectivity index (χ4v) is 4.87. The van der Waals surface area contributed by atoms with Gasteiger partial charge in [-0.15, -0.1) is 0 Å². The normalized spacial score (nSPS) is 30.5. The van der Waals surface area contributed by atoms with Gasteiger partial charge in [-0.25, -0.2) is 4.39 Å². The van der Waals surface area contributed by atoms with E-state index < -0.39 is 0 Å². The first-order valence-electron chi connectivity index (χ1n) is 7.45. The molecule has 0 aliphatic carbocycles. The van der Waals surface area contributed by atoms with Crippen molar-refractivity contribution >= 4 is 11.8 Å². The molecular formula is C16H22FNO2S. The Balaban J connectivity index is 1.83. The van der Waals surface area contributed by atoms with Gasteiger partial charge in [0.25, 0.3) is 0 Å². The molecule has 0 radical (unpaired) electrons. The number of ether oxygens (including phenoxy) is 2. The molecule has 0 bridgehead atoms. The van der Waals surface area contributed by atoms with E-state index in [0.717, 1.165) is 37.4 Å². The van der Waals surface area contributed by atoms with Crippen LogP contribution < -0.4 is 10.5 Å². The van der Waals surface area contributed by atoms with Crippen LogP contribution in [0.3, 0.4) is 0 Å². The summed E-state index contributed by atoms with van der Waals surface area (Å²) >= 11 is 1.94. The summed E-state index contributed by atoms with van der Waals surface area (Å²) in [5.74, 6) is 2.69. The van der Waals surface area contributed by atoms with Crippen LogP contribution in [-0.2, 0) is 4.74 Å². The molecule has 3 unspecified atom stereocenters. The summed E-state index contributed by atoms with van der Waals surface area (Å²) in [5, 5.41) is 0. The maximum absolute atomic E-state index is 14.2. The van der Waals surface area contributed by atoms with Gasteiger partial charge in [0.2, 0.25) is 0 Å². The predicted molar refractivity (Wildman–Crippen MR) is 83.2 cm³/mol. The summed E-state index contributed by atoms with van der Waals surface area (Å²) < 4.78 is 25.5. The average Bonchev–Trinajstić information content (AvgIpc) is 2.94. The molecule has 21 heavy (non-hydrogen) atoms. The average molecular weight is 311 g/mol. The summed E-state index contributed by atoms with van der Waals surface area (Å²) in [4.78, 5) is 0. The molecule has 2 fully saturated rings. The van der Waals surface area contributed by atoms with E-state index in [1.165, 1.54) is 6.07 Å². The van der Waals surface area contributed by atoms with Crippen LogP contribution in [0.15, 0.2) is 18.2 Å². The third kappa shape index (κ3) is 2.91. The lowest BCUT2D eigenvalue weighted by Gasteiger charge is -2.40. The summed E-state index contributed by atoms with van der Waals surface area (Å²) in [5.41, 5.74) is 6.88. The number of hydrogen-bond acceptors (Lipinski definition) is 4. The molecule has 2 aliphatic heterocycles. The number of halogens is 1. The lowest BCUT2D eigenvalue weighted by atomic mass is 9.79. The standard InChI is InChI=1S/C16H22FNO2S/c1-19-13-4-2-3-12(17)14(13)15(18)11-5-7-20-16(9-11)6-8-21-10-16/h2-4,11,15H,5-10,18H2,1H3. The highest BCUT2D eigenvalue weighted by molar-refractivity contribution is 7.99. The van der Waals surface area contributed by atoms with Crippen molar-refractivity contribution in [2.45, 2.75) is 30.9 Å². The molecule has 0 saturated carbocycles. The fraction of sp³-hybridized carbons (Fsp3) is 0.625. The second kappa shape index (κ2) is 6.15. The van der Waals surface area contributed by atoms with Crippen molar-refractivity contribution in [3.63, 3.8) is 0 Å². The molecule has 1 aromatic rings. The molecule has 2 aliphatic rings. The first-order valence-corrected chi connectivity index (χ1v) is 8.60. The molecule has 0 aromatic heterocycles. The van der Waals surface area contributed by atoms with E-state index in [4.69, 9.17) is 15.2 Å². The van der Waals surface area contributed by atoms with Gasteiger partial charge in [0.05, 0.1) is 12.7 Å². The summed E-state index contributed by atoms with van der Waals surface area (Å²) in [6.07, 6.45) is 2.87. The topological polar surface area (TPSA) is 44.5 Å². The van der Waals surface area contributed by atoms with Crippen LogP contribution in [0.2, 0.25) is 0 Å². The number of benzene rings is 1. The Labute approximate surface area is 129 Å². The van der Waals surface area contributed by atoms with Crippen molar-refractivity contribution in [1.29, 1.82) is 0 Å². The van der Waals surface area contributed by atoms with Gasteiger partial charge in [-0.05, 0) is 43.1 Å². The van der Waals surface area contributed by atoms with Crippen molar-refractivity contribution in [1.82, 2.24) is 0 Å². The largest absolute Gasteiger partial charge is 0.496 e. The summed E-state index contributed by atoms with van der Waals surface area (Å²) in [6.45, 7) is 0.718.